The van der Waals surface area contributed by atoms with E-state index in [0.717, 1.165) is 16.7 Å². The Morgan fingerprint density at radius 1 is 0.878 bits per heavy atom. The van der Waals surface area contributed by atoms with Crippen molar-refractivity contribution in [3.05, 3.63) is 113 Å². The van der Waals surface area contributed by atoms with Crippen molar-refractivity contribution in [2.75, 3.05) is 6.54 Å². The number of nitrogens with zero attached hydrogens (tertiary/aromatic N) is 1. The third kappa shape index (κ3) is 8.56. The lowest BCUT2D eigenvalue weighted by Crippen LogP contribution is -2.61. The topological polar surface area (TPSA) is 142 Å². The zero-order valence-corrected chi connectivity index (χ0v) is 28.0. The van der Waals surface area contributed by atoms with Gasteiger partial charge in [0.05, 0.1) is 6.04 Å². The van der Waals surface area contributed by atoms with Gasteiger partial charge in [0.25, 0.3) is 0 Å². The summed E-state index contributed by atoms with van der Waals surface area (Å²) in [6, 6.07) is 21.5. The molecule has 10 heteroatoms. The molecule has 5 rings (SSSR count). The normalized spacial score (nSPS) is 18.6. The van der Waals surface area contributed by atoms with Crippen LogP contribution in [0.4, 0.5) is 0 Å². The molecule has 1 fully saturated rings. The molecule has 10 nitrogen and oxygen atoms in total. The van der Waals surface area contributed by atoms with Crippen LogP contribution in [0.2, 0.25) is 0 Å². The molecular weight excluding hydrogens is 620 g/mol. The molecule has 3 N–H and O–H groups in total. The van der Waals surface area contributed by atoms with Crippen LogP contribution in [0, 0.1) is 11.3 Å². The first-order valence-electron chi connectivity index (χ1n) is 16.5. The number of nitrogens with one attached hydrogen (secondary N) is 3. The Morgan fingerprint density at radius 2 is 1.51 bits per heavy atom. The number of amides is 4. The minimum atomic E-state index is -1.29. The molecule has 3 aromatic rings. The molecule has 254 valence electrons. The fraction of sp³-hybridized carbons (Fsp3) is 0.333. The summed E-state index contributed by atoms with van der Waals surface area (Å²) >= 11 is 0. The number of hydrogen-bond donors (Lipinski definition) is 3. The van der Waals surface area contributed by atoms with E-state index < -0.39 is 58.7 Å². The minimum absolute atomic E-state index is 0.0549. The smallest absolute Gasteiger partial charge is 0.246 e. The quantitative estimate of drug-likeness (QED) is 0.163. The van der Waals surface area contributed by atoms with Crippen molar-refractivity contribution < 1.29 is 28.8 Å². The first-order valence-corrected chi connectivity index (χ1v) is 16.5. The van der Waals surface area contributed by atoms with E-state index in [9.17, 15) is 28.8 Å². The van der Waals surface area contributed by atoms with E-state index >= 15 is 0 Å². The maximum atomic E-state index is 14.4. The first-order chi connectivity index (χ1) is 23.4. The number of rotatable bonds is 11. The second kappa shape index (κ2) is 15.2. The van der Waals surface area contributed by atoms with Crippen LogP contribution in [0.1, 0.15) is 60.7 Å². The number of fused-ring (bicyclic) bond motifs is 1. The van der Waals surface area contributed by atoms with Crippen LogP contribution in [0.25, 0.3) is 6.08 Å². The molecular formula is C39H42N4O6. The van der Waals surface area contributed by atoms with Gasteiger partial charge >= 0.3 is 0 Å². The summed E-state index contributed by atoms with van der Waals surface area (Å²) in [7, 11) is 0. The van der Waals surface area contributed by atoms with Gasteiger partial charge in [0.2, 0.25) is 35.2 Å². The highest BCUT2D eigenvalue weighted by molar-refractivity contribution is 6.45. The highest BCUT2D eigenvalue weighted by Gasteiger charge is 2.43. The number of hydrogen-bond acceptors (Lipinski definition) is 6. The van der Waals surface area contributed by atoms with Crippen molar-refractivity contribution in [3.63, 3.8) is 0 Å². The number of benzene rings is 3. The third-order valence-corrected chi connectivity index (χ3v) is 9.04. The molecule has 4 atom stereocenters. The summed E-state index contributed by atoms with van der Waals surface area (Å²) in [5.74, 6) is -3.95. The molecule has 0 bridgehead atoms. The van der Waals surface area contributed by atoms with Crippen LogP contribution in [0.5, 0.6) is 0 Å². The van der Waals surface area contributed by atoms with Gasteiger partial charge in [-0.2, -0.15) is 0 Å². The van der Waals surface area contributed by atoms with E-state index in [4.69, 9.17) is 0 Å². The highest BCUT2D eigenvalue weighted by Crippen LogP contribution is 2.29. The lowest BCUT2D eigenvalue weighted by molar-refractivity contribution is -0.147. The van der Waals surface area contributed by atoms with Crippen molar-refractivity contribution in [1.82, 2.24) is 20.9 Å². The summed E-state index contributed by atoms with van der Waals surface area (Å²) in [5, 5.41) is 8.38. The van der Waals surface area contributed by atoms with E-state index in [1.807, 2.05) is 75.4 Å². The van der Waals surface area contributed by atoms with E-state index in [-0.39, 0.29) is 30.9 Å². The monoisotopic (exact) mass is 662 g/mol. The summed E-state index contributed by atoms with van der Waals surface area (Å²) in [4.78, 5) is 82.7. The van der Waals surface area contributed by atoms with Crippen molar-refractivity contribution in [3.8, 4) is 0 Å². The molecule has 0 aliphatic carbocycles. The Hall–Kier alpha value is -5.38. The van der Waals surface area contributed by atoms with Crippen molar-refractivity contribution in [2.24, 2.45) is 11.3 Å². The van der Waals surface area contributed by atoms with E-state index in [1.54, 1.807) is 24.3 Å². The van der Waals surface area contributed by atoms with Crippen molar-refractivity contribution in [1.29, 1.82) is 0 Å². The predicted molar refractivity (Wildman–Crippen MR) is 185 cm³/mol. The predicted octanol–water partition coefficient (Wildman–Crippen LogP) is 3.65. The molecule has 3 aromatic carbocycles. The van der Waals surface area contributed by atoms with Crippen LogP contribution < -0.4 is 16.0 Å². The van der Waals surface area contributed by atoms with Gasteiger partial charge in [-0.15, -0.1) is 0 Å². The van der Waals surface area contributed by atoms with Gasteiger partial charge in [-0.3, -0.25) is 28.8 Å². The Bertz CT molecular complexity index is 1750. The number of ketones is 2. The number of carbonyl (C=O) groups is 6. The first kappa shape index (κ1) is 34.9. The Kier molecular flexibility index (Phi) is 10.9. The second-order valence-corrected chi connectivity index (χ2v) is 13.6. The largest absolute Gasteiger partial charge is 0.356 e. The summed E-state index contributed by atoms with van der Waals surface area (Å²) < 4.78 is 0. The Morgan fingerprint density at radius 3 is 2.14 bits per heavy atom. The fourth-order valence-electron chi connectivity index (χ4n) is 6.27. The molecule has 0 saturated carbocycles. The average Bonchev–Trinajstić information content (AvgIpc) is 3.51. The van der Waals surface area contributed by atoms with E-state index in [0.29, 0.717) is 13.0 Å². The van der Waals surface area contributed by atoms with Gasteiger partial charge in [0.1, 0.15) is 12.1 Å². The molecule has 2 aliphatic rings. The van der Waals surface area contributed by atoms with Gasteiger partial charge in [0, 0.05) is 37.1 Å². The van der Waals surface area contributed by atoms with Crippen molar-refractivity contribution in [2.45, 2.75) is 64.7 Å². The van der Waals surface area contributed by atoms with Crippen LogP contribution in [-0.4, -0.2) is 64.8 Å². The fourth-order valence-corrected chi connectivity index (χ4v) is 6.27. The van der Waals surface area contributed by atoms with Crippen LogP contribution >= 0.6 is 0 Å². The average molecular weight is 663 g/mol. The summed E-state index contributed by atoms with van der Waals surface area (Å²) in [5.41, 5.74) is 1.99. The van der Waals surface area contributed by atoms with Gasteiger partial charge < -0.3 is 20.9 Å². The maximum Gasteiger partial charge on any atom is 0.246 e. The Labute approximate surface area is 286 Å². The SMILES string of the molecule is CC(C)(C)[C@H](NC(=O)/C=C/c1ccccc1)C(=O)N1Cc2ccccc2C[C@H]1C(=O)N[C@@H](C[C@@H]1CCNC1=O)C(=O)C(=O)c1ccccc1. The lowest BCUT2D eigenvalue weighted by atomic mass is 9.84. The molecule has 1 saturated heterocycles. The summed E-state index contributed by atoms with van der Waals surface area (Å²) in [6.45, 7) is 6.04. The zero-order chi connectivity index (χ0) is 35.1. The van der Waals surface area contributed by atoms with E-state index in [1.165, 1.54) is 23.1 Å². The van der Waals surface area contributed by atoms with Crippen LogP contribution in [0.15, 0.2) is 91.0 Å². The molecule has 2 aliphatic heterocycles. The van der Waals surface area contributed by atoms with Crippen LogP contribution in [0.3, 0.4) is 0 Å². The van der Waals surface area contributed by atoms with Crippen molar-refractivity contribution >= 4 is 41.3 Å². The highest BCUT2D eigenvalue weighted by atomic mass is 16.2. The molecule has 0 unspecified atom stereocenters. The molecule has 0 spiro atoms. The molecule has 4 amide bonds. The van der Waals surface area contributed by atoms with E-state index in [2.05, 4.69) is 16.0 Å². The molecule has 0 radical (unpaired) electrons. The molecule has 49 heavy (non-hydrogen) atoms. The Balaban J connectivity index is 1.42. The third-order valence-electron chi connectivity index (χ3n) is 9.04. The standard InChI is InChI=1S/C39H42N4O6/c1-39(2,3)35(42-32(44)19-18-25-12-6-4-7-13-25)38(49)43-24-29-17-11-10-16-27(29)23-31(43)37(48)41-30(22-28-20-21-40-36(28)47)34(46)33(45)26-14-8-5-9-15-26/h4-19,28,30-31,35H,20-24H2,1-3H3,(H,40,47)(H,41,48)(H,42,44)/b19-18+/t28-,30-,31-,35+/m0/s1. The number of Topliss-reactive ketones (excluding diaryl/α,β-unsaturated/α-hetero) is 2. The number of carbonyl (C=O) groups excluding carboxylic acids is 6. The zero-order valence-electron chi connectivity index (χ0n) is 28.0. The van der Waals surface area contributed by atoms with Gasteiger partial charge in [-0.25, -0.2) is 0 Å². The minimum Gasteiger partial charge on any atom is -0.356 e. The van der Waals surface area contributed by atoms with Crippen LogP contribution in [-0.2, 0) is 36.9 Å². The molecule has 0 aromatic heterocycles. The summed E-state index contributed by atoms with van der Waals surface area (Å²) in [6.07, 6.45) is 3.59. The van der Waals surface area contributed by atoms with Gasteiger partial charge in [0.15, 0.2) is 0 Å². The lowest BCUT2D eigenvalue weighted by Gasteiger charge is -2.41. The maximum absolute atomic E-state index is 14.4. The molecule has 2 heterocycles. The second-order valence-electron chi connectivity index (χ2n) is 13.6. The van der Waals surface area contributed by atoms with Gasteiger partial charge in [-0.05, 0) is 41.0 Å². The van der Waals surface area contributed by atoms with Gasteiger partial charge in [-0.1, -0.05) is 106 Å².